The quantitative estimate of drug-likeness (QED) is 0.624. The van der Waals surface area contributed by atoms with Crippen LogP contribution < -0.4 is 0 Å². The minimum Gasteiger partial charge on any atom is -0.390 e. The molecular weight excluding hydrogens is 298 g/mol. The third kappa shape index (κ3) is 2.28. The van der Waals surface area contributed by atoms with Crippen LogP contribution in [-0.2, 0) is 6.61 Å². The van der Waals surface area contributed by atoms with Crippen LogP contribution in [-0.4, -0.2) is 20.1 Å². The number of fused-ring (bicyclic) bond motifs is 1. The van der Waals surface area contributed by atoms with Gasteiger partial charge in [-0.25, -0.2) is 4.68 Å². The van der Waals surface area contributed by atoms with Gasteiger partial charge in [-0.1, -0.05) is 65.9 Å². The maximum Gasteiger partial charge on any atom is 0.117 e. The van der Waals surface area contributed by atoms with Gasteiger partial charge in [0.25, 0.3) is 0 Å². The summed E-state index contributed by atoms with van der Waals surface area (Å²) in [5.41, 5.74) is 4.53. The predicted octanol–water partition coefficient (Wildman–Crippen LogP) is 3.89. The first-order valence-electron chi connectivity index (χ1n) is 7.89. The zero-order valence-corrected chi connectivity index (χ0v) is 13.3. The number of nitrogens with zero attached hydrogens (tertiary/aromatic N) is 3. The predicted molar refractivity (Wildman–Crippen MR) is 95.0 cm³/mol. The minimum absolute atomic E-state index is 0.144. The van der Waals surface area contributed by atoms with E-state index >= 15 is 0 Å². The van der Waals surface area contributed by atoms with Gasteiger partial charge in [0.1, 0.15) is 11.4 Å². The van der Waals surface area contributed by atoms with E-state index in [2.05, 4.69) is 41.5 Å². The van der Waals surface area contributed by atoms with Gasteiger partial charge in [-0.15, -0.1) is 5.10 Å². The Hall–Kier alpha value is -2.98. The second-order valence-corrected chi connectivity index (χ2v) is 5.77. The largest absolute Gasteiger partial charge is 0.390 e. The van der Waals surface area contributed by atoms with Crippen molar-refractivity contribution in [2.24, 2.45) is 0 Å². The van der Waals surface area contributed by atoms with Crippen molar-refractivity contribution >= 4 is 10.8 Å². The van der Waals surface area contributed by atoms with E-state index in [9.17, 15) is 5.11 Å². The Morgan fingerprint density at radius 2 is 1.67 bits per heavy atom. The SMILES string of the molecule is Cc1ccccc1-c1c(CO)nnn1-c1cccc2ccccc12. The lowest BCUT2D eigenvalue weighted by Crippen LogP contribution is -2.02. The van der Waals surface area contributed by atoms with E-state index in [1.54, 1.807) is 0 Å². The Morgan fingerprint density at radius 1 is 0.917 bits per heavy atom. The molecule has 0 unspecified atom stereocenters. The highest BCUT2D eigenvalue weighted by Crippen LogP contribution is 2.30. The van der Waals surface area contributed by atoms with E-state index in [0.29, 0.717) is 5.69 Å². The molecule has 1 heterocycles. The number of hydrogen-bond acceptors (Lipinski definition) is 3. The molecule has 0 fully saturated rings. The molecule has 0 saturated heterocycles. The third-order valence-electron chi connectivity index (χ3n) is 4.28. The zero-order valence-electron chi connectivity index (χ0n) is 13.3. The molecule has 1 aromatic heterocycles. The van der Waals surface area contributed by atoms with Gasteiger partial charge in [0, 0.05) is 10.9 Å². The summed E-state index contributed by atoms with van der Waals surface area (Å²) in [6.45, 7) is 1.91. The molecule has 0 aliphatic carbocycles. The molecule has 1 N–H and O–H groups in total. The Bertz CT molecular complexity index is 1020. The molecule has 0 spiro atoms. The highest BCUT2D eigenvalue weighted by Gasteiger charge is 2.18. The zero-order chi connectivity index (χ0) is 16.5. The van der Waals surface area contributed by atoms with Gasteiger partial charge in [0.15, 0.2) is 0 Å². The summed E-state index contributed by atoms with van der Waals surface area (Å²) in [7, 11) is 0. The molecule has 4 rings (SSSR count). The number of aromatic nitrogens is 3. The maximum absolute atomic E-state index is 9.73. The first kappa shape index (κ1) is 14.6. The van der Waals surface area contributed by atoms with Gasteiger partial charge in [-0.2, -0.15) is 0 Å². The van der Waals surface area contributed by atoms with Crippen molar-refractivity contribution in [2.45, 2.75) is 13.5 Å². The van der Waals surface area contributed by atoms with Crippen LogP contribution in [0.1, 0.15) is 11.3 Å². The lowest BCUT2D eigenvalue weighted by molar-refractivity contribution is 0.277. The van der Waals surface area contributed by atoms with Gasteiger partial charge in [-0.3, -0.25) is 0 Å². The third-order valence-corrected chi connectivity index (χ3v) is 4.28. The molecule has 0 amide bonds. The summed E-state index contributed by atoms with van der Waals surface area (Å²) in [6.07, 6.45) is 0. The lowest BCUT2D eigenvalue weighted by atomic mass is 10.0. The van der Waals surface area contributed by atoms with Gasteiger partial charge in [0.2, 0.25) is 0 Å². The molecule has 4 aromatic rings. The highest BCUT2D eigenvalue weighted by atomic mass is 16.3. The second-order valence-electron chi connectivity index (χ2n) is 5.77. The fraction of sp³-hybridized carbons (Fsp3) is 0.100. The monoisotopic (exact) mass is 315 g/mol. The topological polar surface area (TPSA) is 50.9 Å². The highest BCUT2D eigenvalue weighted by molar-refractivity contribution is 5.90. The number of rotatable bonds is 3. The molecule has 3 aromatic carbocycles. The van der Waals surface area contributed by atoms with Crippen LogP contribution in [0.4, 0.5) is 0 Å². The number of benzene rings is 3. The molecule has 0 atom stereocenters. The van der Waals surface area contributed by atoms with Crippen molar-refractivity contribution in [1.29, 1.82) is 0 Å². The average molecular weight is 315 g/mol. The number of aliphatic hydroxyl groups is 1. The van der Waals surface area contributed by atoms with Crippen molar-refractivity contribution in [3.63, 3.8) is 0 Å². The standard InChI is InChI=1S/C20H17N3O/c1-14-7-2-4-10-16(14)20-18(13-24)21-22-23(20)19-12-6-9-15-8-3-5-11-17(15)19/h2-12,24H,13H2,1H3. The molecule has 4 nitrogen and oxygen atoms in total. The molecule has 0 bridgehead atoms. The number of hydrogen-bond donors (Lipinski definition) is 1. The fourth-order valence-electron chi connectivity index (χ4n) is 3.09. The molecule has 0 aliphatic heterocycles. The summed E-state index contributed by atoms with van der Waals surface area (Å²) in [4.78, 5) is 0. The molecule has 4 heteroatoms. The Labute approximate surface area is 140 Å². The summed E-state index contributed by atoms with van der Waals surface area (Å²) >= 11 is 0. The lowest BCUT2D eigenvalue weighted by Gasteiger charge is -2.12. The molecule has 0 saturated carbocycles. The molecule has 24 heavy (non-hydrogen) atoms. The molecular formula is C20H17N3O. The first-order valence-corrected chi connectivity index (χ1v) is 7.89. The van der Waals surface area contributed by atoms with E-state index in [1.165, 1.54) is 0 Å². The van der Waals surface area contributed by atoms with E-state index in [-0.39, 0.29) is 6.61 Å². The number of aryl methyl sites for hydroxylation is 1. The van der Waals surface area contributed by atoms with Crippen molar-refractivity contribution in [3.05, 3.63) is 78.0 Å². The van der Waals surface area contributed by atoms with Crippen molar-refractivity contribution in [1.82, 2.24) is 15.0 Å². The summed E-state index contributed by atoms with van der Waals surface area (Å²) in [5.74, 6) is 0. The number of aliphatic hydroxyl groups excluding tert-OH is 1. The fourth-order valence-corrected chi connectivity index (χ4v) is 3.09. The van der Waals surface area contributed by atoms with Crippen LogP contribution in [0.5, 0.6) is 0 Å². The Balaban J connectivity index is 2.03. The Kier molecular flexibility index (Phi) is 3.59. The van der Waals surface area contributed by atoms with E-state index in [4.69, 9.17) is 0 Å². The maximum atomic E-state index is 9.73. The van der Waals surface area contributed by atoms with Crippen LogP contribution in [0.3, 0.4) is 0 Å². The van der Waals surface area contributed by atoms with Crippen molar-refractivity contribution in [2.75, 3.05) is 0 Å². The second kappa shape index (κ2) is 5.91. The first-order chi connectivity index (χ1) is 11.8. The molecule has 118 valence electrons. The van der Waals surface area contributed by atoms with Crippen LogP contribution in [0, 0.1) is 6.92 Å². The average Bonchev–Trinajstić information content (AvgIpc) is 3.05. The van der Waals surface area contributed by atoms with Gasteiger partial charge >= 0.3 is 0 Å². The van der Waals surface area contributed by atoms with Crippen LogP contribution in [0.25, 0.3) is 27.7 Å². The van der Waals surface area contributed by atoms with E-state index in [1.807, 2.05) is 47.1 Å². The minimum atomic E-state index is -0.144. The van der Waals surface area contributed by atoms with E-state index in [0.717, 1.165) is 33.3 Å². The van der Waals surface area contributed by atoms with Gasteiger partial charge in [0.05, 0.1) is 12.3 Å². The van der Waals surface area contributed by atoms with Crippen LogP contribution >= 0.6 is 0 Å². The van der Waals surface area contributed by atoms with E-state index < -0.39 is 0 Å². The molecule has 0 aliphatic rings. The van der Waals surface area contributed by atoms with Gasteiger partial charge < -0.3 is 5.11 Å². The summed E-state index contributed by atoms with van der Waals surface area (Å²) < 4.78 is 1.83. The Morgan fingerprint density at radius 3 is 2.50 bits per heavy atom. The summed E-state index contributed by atoms with van der Waals surface area (Å²) in [5, 5.41) is 20.5. The normalized spacial score (nSPS) is 11.1. The van der Waals surface area contributed by atoms with Crippen LogP contribution in [0.15, 0.2) is 66.7 Å². The van der Waals surface area contributed by atoms with Crippen LogP contribution in [0.2, 0.25) is 0 Å². The van der Waals surface area contributed by atoms with Crippen molar-refractivity contribution < 1.29 is 5.11 Å². The summed E-state index contributed by atoms with van der Waals surface area (Å²) in [6, 6.07) is 22.4. The van der Waals surface area contributed by atoms with Gasteiger partial charge in [-0.05, 0) is 23.9 Å². The van der Waals surface area contributed by atoms with Crippen molar-refractivity contribution in [3.8, 4) is 16.9 Å². The smallest absolute Gasteiger partial charge is 0.117 e. The molecule has 0 radical (unpaired) electrons.